The third-order valence-corrected chi connectivity index (χ3v) is 3.16. The van der Waals surface area contributed by atoms with Gasteiger partial charge in [0.05, 0.1) is 5.02 Å². The lowest BCUT2D eigenvalue weighted by Gasteiger charge is -2.15. The summed E-state index contributed by atoms with van der Waals surface area (Å²) >= 11 is 6.06. The summed E-state index contributed by atoms with van der Waals surface area (Å²) in [6, 6.07) is 2.73. The molecule has 0 spiro atoms. The van der Waals surface area contributed by atoms with Crippen LogP contribution in [0.3, 0.4) is 0 Å². The lowest BCUT2D eigenvalue weighted by molar-refractivity contribution is 0.543. The summed E-state index contributed by atoms with van der Waals surface area (Å²) < 4.78 is 13.6. The van der Waals surface area contributed by atoms with Crippen LogP contribution in [-0.2, 0) is 0 Å². The summed E-state index contributed by atoms with van der Waals surface area (Å²) in [5.41, 5.74) is 12.6. The highest BCUT2D eigenvalue weighted by atomic mass is 35.5. The third-order valence-electron chi connectivity index (χ3n) is 2.66. The molecule has 0 saturated carbocycles. The smallest absolute Gasteiger partial charge is 0.129 e. The van der Waals surface area contributed by atoms with Gasteiger partial charge in [-0.1, -0.05) is 24.1 Å². The number of hydrogen-bond acceptors (Lipinski definition) is 2. The summed E-state index contributed by atoms with van der Waals surface area (Å²) in [4.78, 5) is 0. The van der Waals surface area contributed by atoms with Crippen molar-refractivity contribution in [3.8, 4) is 0 Å². The molecule has 1 atom stereocenters. The second kappa shape index (κ2) is 7.88. The second-order valence-electron chi connectivity index (χ2n) is 3.98. The Bertz CT molecular complexity index is 359. The van der Waals surface area contributed by atoms with Gasteiger partial charge in [0.2, 0.25) is 0 Å². The largest absolute Gasteiger partial charge is 0.330 e. The molecule has 1 aromatic carbocycles. The van der Waals surface area contributed by atoms with Crippen LogP contribution in [-0.4, -0.2) is 6.54 Å². The van der Waals surface area contributed by atoms with Gasteiger partial charge in [-0.2, -0.15) is 0 Å². The Labute approximate surface area is 113 Å². The highest BCUT2D eigenvalue weighted by Crippen LogP contribution is 2.30. The number of benzene rings is 1. The number of hydrogen-bond donors (Lipinski definition) is 2. The molecule has 1 aromatic rings. The normalized spacial score (nSPS) is 12.1. The molecule has 0 radical (unpaired) electrons. The SMILES string of the molecule is Cc1ccc(F)c([C@H](N)CCCCN)c1Cl.Cl. The predicted octanol–water partition coefficient (Wildman–Crippen LogP) is 3.34. The van der Waals surface area contributed by atoms with Crippen molar-refractivity contribution < 1.29 is 4.39 Å². The standard InChI is InChI=1S/C12H18ClFN2.ClH/c1-8-5-6-9(14)11(12(8)13)10(16)4-2-3-7-15;/h5-6,10H,2-4,7,15-16H2,1H3;1H/t10-;/m1./s1. The second-order valence-corrected chi connectivity index (χ2v) is 4.36. The highest BCUT2D eigenvalue weighted by Gasteiger charge is 2.16. The molecule has 0 aliphatic carbocycles. The number of rotatable bonds is 5. The van der Waals surface area contributed by atoms with E-state index in [1.54, 1.807) is 6.07 Å². The first kappa shape index (κ1) is 16.6. The molecule has 98 valence electrons. The van der Waals surface area contributed by atoms with Crippen LogP contribution in [0, 0.1) is 12.7 Å². The van der Waals surface area contributed by atoms with E-state index in [2.05, 4.69) is 0 Å². The first-order valence-electron chi connectivity index (χ1n) is 5.48. The minimum absolute atomic E-state index is 0. The topological polar surface area (TPSA) is 52.0 Å². The van der Waals surface area contributed by atoms with Crippen LogP contribution in [0.25, 0.3) is 0 Å². The molecular formula is C12H19Cl2FN2. The van der Waals surface area contributed by atoms with Crippen LogP contribution < -0.4 is 11.5 Å². The Morgan fingerprint density at radius 3 is 2.59 bits per heavy atom. The molecule has 4 N–H and O–H groups in total. The molecule has 0 amide bonds. The lowest BCUT2D eigenvalue weighted by Crippen LogP contribution is -2.14. The Kier molecular flexibility index (Phi) is 7.71. The maximum Gasteiger partial charge on any atom is 0.129 e. The molecule has 1 rings (SSSR count). The van der Waals surface area contributed by atoms with Gasteiger partial charge in [0.1, 0.15) is 5.82 Å². The van der Waals surface area contributed by atoms with Crippen molar-refractivity contribution in [2.45, 2.75) is 32.2 Å². The third kappa shape index (κ3) is 4.43. The van der Waals surface area contributed by atoms with Crippen LogP contribution in [0.2, 0.25) is 5.02 Å². The van der Waals surface area contributed by atoms with Crippen molar-refractivity contribution in [2.24, 2.45) is 11.5 Å². The van der Waals surface area contributed by atoms with Gasteiger partial charge in [0.25, 0.3) is 0 Å². The van der Waals surface area contributed by atoms with Crippen LogP contribution >= 0.6 is 24.0 Å². The summed E-state index contributed by atoms with van der Waals surface area (Å²) in [5.74, 6) is -0.323. The monoisotopic (exact) mass is 280 g/mol. The maximum absolute atomic E-state index is 13.6. The van der Waals surface area contributed by atoms with Crippen molar-refractivity contribution in [2.75, 3.05) is 6.54 Å². The van der Waals surface area contributed by atoms with Gasteiger partial charge < -0.3 is 11.5 Å². The van der Waals surface area contributed by atoms with Crippen LogP contribution in [0.4, 0.5) is 4.39 Å². The summed E-state index contributed by atoms with van der Waals surface area (Å²) in [7, 11) is 0. The molecule has 0 heterocycles. The number of aryl methyl sites for hydroxylation is 1. The zero-order chi connectivity index (χ0) is 12.1. The van der Waals surface area contributed by atoms with Gasteiger partial charge in [-0.15, -0.1) is 12.4 Å². The molecule has 0 aliphatic heterocycles. The minimum atomic E-state index is -0.348. The number of halogens is 3. The van der Waals surface area contributed by atoms with E-state index < -0.39 is 0 Å². The van der Waals surface area contributed by atoms with Crippen molar-refractivity contribution in [3.63, 3.8) is 0 Å². The van der Waals surface area contributed by atoms with E-state index in [0.29, 0.717) is 23.6 Å². The molecule has 0 saturated heterocycles. The first-order valence-corrected chi connectivity index (χ1v) is 5.86. The van der Waals surface area contributed by atoms with Gasteiger partial charge in [-0.05, 0) is 37.9 Å². The number of nitrogens with two attached hydrogens (primary N) is 2. The summed E-state index contributed by atoms with van der Waals surface area (Å²) in [5, 5.41) is 0.445. The van der Waals surface area contributed by atoms with Gasteiger partial charge in [-0.25, -0.2) is 4.39 Å². The fourth-order valence-electron chi connectivity index (χ4n) is 1.67. The van der Waals surface area contributed by atoms with E-state index in [1.807, 2.05) is 6.92 Å². The van der Waals surface area contributed by atoms with Crippen LogP contribution in [0.15, 0.2) is 12.1 Å². The van der Waals surface area contributed by atoms with E-state index in [0.717, 1.165) is 18.4 Å². The van der Waals surface area contributed by atoms with Crippen LogP contribution in [0.5, 0.6) is 0 Å². The fraction of sp³-hybridized carbons (Fsp3) is 0.500. The van der Waals surface area contributed by atoms with Crippen molar-refractivity contribution in [1.82, 2.24) is 0 Å². The molecule has 5 heteroatoms. The quantitative estimate of drug-likeness (QED) is 0.813. The predicted molar refractivity (Wildman–Crippen MR) is 73.2 cm³/mol. The molecule has 0 aliphatic rings. The molecule has 2 nitrogen and oxygen atoms in total. The Balaban J connectivity index is 0.00000256. The Morgan fingerprint density at radius 2 is 2.00 bits per heavy atom. The summed E-state index contributed by atoms with van der Waals surface area (Å²) in [6.45, 7) is 2.48. The highest BCUT2D eigenvalue weighted by molar-refractivity contribution is 6.32. The molecule has 0 fully saturated rings. The van der Waals surface area contributed by atoms with E-state index >= 15 is 0 Å². The molecule has 0 unspecified atom stereocenters. The van der Waals surface area contributed by atoms with Crippen LogP contribution in [0.1, 0.15) is 36.4 Å². The number of unbranched alkanes of at least 4 members (excludes halogenated alkanes) is 1. The maximum atomic E-state index is 13.6. The van der Waals surface area contributed by atoms with E-state index in [-0.39, 0.29) is 24.3 Å². The van der Waals surface area contributed by atoms with Gasteiger partial charge >= 0.3 is 0 Å². The Hall–Kier alpha value is -0.350. The summed E-state index contributed by atoms with van der Waals surface area (Å²) in [6.07, 6.45) is 2.50. The molecule has 17 heavy (non-hydrogen) atoms. The minimum Gasteiger partial charge on any atom is -0.330 e. The molecule has 0 bridgehead atoms. The molecule has 0 aromatic heterocycles. The van der Waals surface area contributed by atoms with Gasteiger partial charge in [-0.3, -0.25) is 0 Å². The first-order chi connectivity index (χ1) is 7.57. The zero-order valence-electron chi connectivity index (χ0n) is 9.88. The fourth-order valence-corrected chi connectivity index (χ4v) is 1.96. The van der Waals surface area contributed by atoms with E-state index in [9.17, 15) is 4.39 Å². The van der Waals surface area contributed by atoms with Gasteiger partial charge in [0.15, 0.2) is 0 Å². The zero-order valence-corrected chi connectivity index (χ0v) is 11.5. The van der Waals surface area contributed by atoms with Crippen molar-refractivity contribution in [3.05, 3.63) is 34.1 Å². The Morgan fingerprint density at radius 1 is 1.35 bits per heavy atom. The molecular weight excluding hydrogens is 262 g/mol. The average Bonchev–Trinajstić information content (AvgIpc) is 2.24. The van der Waals surface area contributed by atoms with Gasteiger partial charge in [0, 0.05) is 11.6 Å². The van der Waals surface area contributed by atoms with E-state index in [4.69, 9.17) is 23.1 Å². The average molecular weight is 281 g/mol. The lowest BCUT2D eigenvalue weighted by atomic mass is 9.99. The van der Waals surface area contributed by atoms with Crippen molar-refractivity contribution >= 4 is 24.0 Å². The van der Waals surface area contributed by atoms with Crippen molar-refractivity contribution in [1.29, 1.82) is 0 Å². The van der Waals surface area contributed by atoms with E-state index in [1.165, 1.54) is 6.07 Å².